The summed E-state index contributed by atoms with van der Waals surface area (Å²) in [6.45, 7) is 0.223. The van der Waals surface area contributed by atoms with Crippen LogP contribution in [0.15, 0.2) is 0 Å². The van der Waals surface area contributed by atoms with Crippen LogP contribution in [0.5, 0.6) is 0 Å². The van der Waals surface area contributed by atoms with E-state index < -0.39 is 0 Å². The third kappa shape index (κ3) is 1.57. The highest BCUT2D eigenvalue weighted by atomic mass is 16.6. The van der Waals surface area contributed by atoms with Crippen molar-refractivity contribution in [3.05, 3.63) is 0 Å². The number of aliphatic hydroxyl groups excluding tert-OH is 1. The van der Waals surface area contributed by atoms with Crippen LogP contribution in [-0.4, -0.2) is 23.9 Å². The summed E-state index contributed by atoms with van der Waals surface area (Å²) in [5.41, 5.74) is 0. The van der Waals surface area contributed by atoms with Crippen molar-refractivity contribution in [3.63, 3.8) is 0 Å². The molecule has 2 fully saturated rings. The van der Waals surface area contributed by atoms with Gasteiger partial charge in [-0.3, -0.25) is 0 Å². The average Bonchev–Trinajstić information content (AvgIpc) is 2.85. The minimum atomic E-state index is 0.193. The first-order valence-electron chi connectivity index (χ1n) is 4.68. The molecule has 0 spiro atoms. The minimum absolute atomic E-state index is 0.193. The van der Waals surface area contributed by atoms with E-state index in [1.54, 1.807) is 0 Å². The van der Waals surface area contributed by atoms with Gasteiger partial charge in [-0.25, -0.2) is 0 Å². The lowest BCUT2D eigenvalue weighted by Gasteiger charge is -2.19. The summed E-state index contributed by atoms with van der Waals surface area (Å²) in [6, 6.07) is 0. The highest BCUT2D eigenvalue weighted by Crippen LogP contribution is 2.37. The highest BCUT2D eigenvalue weighted by molar-refractivity contribution is 4.90. The smallest absolute Gasteiger partial charge is 0.107 e. The first-order valence-corrected chi connectivity index (χ1v) is 4.68. The molecule has 2 rings (SSSR count). The summed E-state index contributed by atoms with van der Waals surface area (Å²) < 4.78 is 5.36. The monoisotopic (exact) mass is 156 g/mol. The number of aliphatic hydroxyl groups is 1. The Balaban J connectivity index is 1.77. The first kappa shape index (κ1) is 7.56. The van der Waals surface area contributed by atoms with E-state index >= 15 is 0 Å². The van der Waals surface area contributed by atoms with E-state index in [2.05, 4.69) is 0 Å². The average molecular weight is 156 g/mol. The lowest BCUT2D eigenvalue weighted by Crippen LogP contribution is -2.15. The molecule has 1 N–H and O–H groups in total. The zero-order chi connectivity index (χ0) is 7.68. The van der Waals surface area contributed by atoms with Gasteiger partial charge in [0.2, 0.25) is 0 Å². The number of hydrogen-bond donors (Lipinski definition) is 1. The quantitative estimate of drug-likeness (QED) is 0.612. The van der Waals surface area contributed by atoms with E-state index in [1.807, 2.05) is 0 Å². The molecule has 0 aromatic carbocycles. The van der Waals surface area contributed by atoms with Crippen LogP contribution in [0.25, 0.3) is 0 Å². The van der Waals surface area contributed by atoms with Gasteiger partial charge in [0.15, 0.2) is 0 Å². The lowest BCUT2D eigenvalue weighted by atomic mass is 9.86. The molecule has 1 aliphatic carbocycles. The third-order valence-corrected chi connectivity index (χ3v) is 2.92. The Morgan fingerprint density at radius 2 is 1.91 bits per heavy atom. The van der Waals surface area contributed by atoms with Crippen molar-refractivity contribution in [3.8, 4) is 0 Å². The predicted molar refractivity (Wildman–Crippen MR) is 42.3 cm³/mol. The van der Waals surface area contributed by atoms with Crippen LogP contribution < -0.4 is 0 Å². The Morgan fingerprint density at radius 3 is 2.45 bits per heavy atom. The molecule has 2 aliphatic rings. The zero-order valence-electron chi connectivity index (χ0n) is 6.83. The van der Waals surface area contributed by atoms with Gasteiger partial charge in [-0.1, -0.05) is 19.3 Å². The van der Waals surface area contributed by atoms with E-state index in [0.29, 0.717) is 6.10 Å². The van der Waals surface area contributed by atoms with E-state index in [9.17, 15) is 0 Å². The molecule has 2 nitrogen and oxygen atoms in total. The molecule has 1 aliphatic heterocycles. The summed E-state index contributed by atoms with van der Waals surface area (Å²) in [4.78, 5) is 0. The molecule has 1 saturated carbocycles. The molecule has 0 aromatic rings. The number of rotatable bonds is 2. The second kappa shape index (κ2) is 3.11. The van der Waals surface area contributed by atoms with Gasteiger partial charge in [0.25, 0.3) is 0 Å². The summed E-state index contributed by atoms with van der Waals surface area (Å²) in [6.07, 6.45) is 7.37. The number of epoxide rings is 1. The molecule has 0 amide bonds. The normalized spacial score (nSPS) is 39.0. The van der Waals surface area contributed by atoms with E-state index in [4.69, 9.17) is 9.84 Å². The Labute approximate surface area is 67.6 Å². The lowest BCUT2D eigenvalue weighted by molar-refractivity contribution is 0.232. The van der Waals surface area contributed by atoms with Gasteiger partial charge in [-0.2, -0.15) is 0 Å². The Bertz CT molecular complexity index is 130. The van der Waals surface area contributed by atoms with Crippen molar-refractivity contribution in [2.75, 3.05) is 6.61 Å². The fourth-order valence-corrected chi connectivity index (χ4v) is 2.18. The van der Waals surface area contributed by atoms with Crippen LogP contribution in [0, 0.1) is 5.92 Å². The largest absolute Gasteiger partial charge is 0.394 e. The molecular weight excluding hydrogens is 140 g/mol. The molecule has 2 unspecified atom stereocenters. The van der Waals surface area contributed by atoms with E-state index in [0.717, 1.165) is 5.92 Å². The molecule has 0 radical (unpaired) electrons. The topological polar surface area (TPSA) is 32.8 Å². The van der Waals surface area contributed by atoms with Crippen LogP contribution in [-0.2, 0) is 4.74 Å². The third-order valence-electron chi connectivity index (χ3n) is 2.92. The van der Waals surface area contributed by atoms with Crippen LogP contribution >= 0.6 is 0 Å². The van der Waals surface area contributed by atoms with Crippen molar-refractivity contribution in [1.82, 2.24) is 0 Å². The molecule has 2 atom stereocenters. The molecule has 2 heteroatoms. The summed E-state index contributed by atoms with van der Waals surface area (Å²) >= 11 is 0. The number of hydrogen-bond acceptors (Lipinski definition) is 2. The van der Waals surface area contributed by atoms with Gasteiger partial charge in [0.05, 0.1) is 12.7 Å². The SMILES string of the molecule is OCC1OC1C1CCCCC1. The van der Waals surface area contributed by atoms with Gasteiger partial charge in [-0.05, 0) is 18.8 Å². The molecule has 0 aromatic heterocycles. The zero-order valence-corrected chi connectivity index (χ0v) is 6.83. The van der Waals surface area contributed by atoms with Gasteiger partial charge in [-0.15, -0.1) is 0 Å². The van der Waals surface area contributed by atoms with Crippen molar-refractivity contribution >= 4 is 0 Å². The summed E-state index contributed by atoms with van der Waals surface area (Å²) in [7, 11) is 0. The highest BCUT2D eigenvalue weighted by Gasteiger charge is 2.43. The predicted octanol–water partition coefficient (Wildman–Crippen LogP) is 1.33. The van der Waals surface area contributed by atoms with E-state index in [-0.39, 0.29) is 12.7 Å². The summed E-state index contributed by atoms with van der Waals surface area (Å²) in [5.74, 6) is 0.765. The van der Waals surface area contributed by atoms with Gasteiger partial charge >= 0.3 is 0 Å². The molecule has 64 valence electrons. The molecule has 0 bridgehead atoms. The maximum absolute atomic E-state index is 8.78. The van der Waals surface area contributed by atoms with Gasteiger partial charge < -0.3 is 9.84 Å². The second-order valence-electron chi connectivity index (χ2n) is 3.72. The molecular formula is C9H16O2. The number of ether oxygens (including phenoxy) is 1. The molecule has 11 heavy (non-hydrogen) atoms. The van der Waals surface area contributed by atoms with Crippen molar-refractivity contribution < 1.29 is 9.84 Å². The van der Waals surface area contributed by atoms with E-state index in [1.165, 1.54) is 32.1 Å². The maximum atomic E-state index is 8.78. The molecule has 1 saturated heterocycles. The van der Waals surface area contributed by atoms with Crippen LogP contribution in [0.3, 0.4) is 0 Å². The van der Waals surface area contributed by atoms with Crippen molar-refractivity contribution in [2.24, 2.45) is 5.92 Å². The van der Waals surface area contributed by atoms with Crippen LogP contribution in [0.4, 0.5) is 0 Å². The van der Waals surface area contributed by atoms with Gasteiger partial charge in [0.1, 0.15) is 6.10 Å². The van der Waals surface area contributed by atoms with Crippen molar-refractivity contribution in [1.29, 1.82) is 0 Å². The second-order valence-corrected chi connectivity index (χ2v) is 3.72. The van der Waals surface area contributed by atoms with Crippen LogP contribution in [0.1, 0.15) is 32.1 Å². The fourth-order valence-electron chi connectivity index (χ4n) is 2.18. The van der Waals surface area contributed by atoms with Gasteiger partial charge in [0, 0.05) is 0 Å². The van der Waals surface area contributed by atoms with Crippen LogP contribution in [0.2, 0.25) is 0 Å². The Morgan fingerprint density at radius 1 is 1.18 bits per heavy atom. The fraction of sp³-hybridized carbons (Fsp3) is 1.00. The summed E-state index contributed by atoms with van der Waals surface area (Å²) in [5, 5.41) is 8.78. The Kier molecular flexibility index (Phi) is 2.14. The first-order chi connectivity index (χ1) is 5.42. The minimum Gasteiger partial charge on any atom is -0.394 e. The van der Waals surface area contributed by atoms with Crippen molar-refractivity contribution in [2.45, 2.75) is 44.3 Å². The standard InChI is InChI=1S/C9H16O2/c10-6-8-9(11-8)7-4-2-1-3-5-7/h7-10H,1-6H2. The maximum Gasteiger partial charge on any atom is 0.107 e. The Hall–Kier alpha value is -0.0800. The molecule has 1 heterocycles.